The molecule has 38 heavy (non-hydrogen) atoms. The highest BCUT2D eigenvalue weighted by Crippen LogP contribution is 2.32. The van der Waals surface area contributed by atoms with Crippen LogP contribution in [0.25, 0.3) is 10.8 Å². The third kappa shape index (κ3) is 5.92. The van der Waals surface area contributed by atoms with E-state index >= 15 is 0 Å². The highest BCUT2D eigenvalue weighted by Gasteiger charge is 2.32. The summed E-state index contributed by atoms with van der Waals surface area (Å²) in [6.45, 7) is 1.93. The van der Waals surface area contributed by atoms with Crippen molar-refractivity contribution < 1.29 is 27.5 Å². The van der Waals surface area contributed by atoms with Crippen molar-refractivity contribution in [1.29, 1.82) is 0 Å². The molecule has 10 heteroatoms. The lowest BCUT2D eigenvalue weighted by molar-refractivity contribution is -0.128. The maximum Gasteiger partial charge on any atom is 0.243 e. The molecule has 1 fully saturated rings. The monoisotopic (exact) mass is 539 g/mol. The minimum atomic E-state index is -3.69. The number of nitrogens with one attached hydrogen (secondary N) is 2. The molecule has 0 aliphatic carbocycles. The quantitative estimate of drug-likeness (QED) is 0.432. The fourth-order valence-electron chi connectivity index (χ4n) is 4.89. The van der Waals surface area contributed by atoms with Crippen molar-refractivity contribution in [2.45, 2.75) is 43.2 Å². The number of ether oxygens (including phenoxy) is 2. The van der Waals surface area contributed by atoms with Gasteiger partial charge in [0.25, 0.3) is 0 Å². The first-order chi connectivity index (χ1) is 18.2. The van der Waals surface area contributed by atoms with Crippen LogP contribution in [-0.4, -0.2) is 63.9 Å². The first-order valence-corrected chi connectivity index (χ1v) is 13.9. The van der Waals surface area contributed by atoms with Crippen molar-refractivity contribution in [1.82, 2.24) is 14.9 Å². The number of para-hydroxylation sites is 1. The molecular weight excluding hydrogens is 506 g/mol. The topological polar surface area (TPSA) is 114 Å². The van der Waals surface area contributed by atoms with Crippen molar-refractivity contribution in [3.05, 3.63) is 66.2 Å². The van der Waals surface area contributed by atoms with Gasteiger partial charge in [-0.2, -0.15) is 4.31 Å². The van der Waals surface area contributed by atoms with Gasteiger partial charge in [-0.25, -0.2) is 8.42 Å². The molecule has 0 spiro atoms. The molecule has 1 heterocycles. The molecule has 1 saturated heterocycles. The van der Waals surface area contributed by atoms with Gasteiger partial charge in [-0.15, -0.1) is 0 Å². The summed E-state index contributed by atoms with van der Waals surface area (Å²) in [5, 5.41) is 7.29. The van der Waals surface area contributed by atoms with E-state index in [2.05, 4.69) is 10.6 Å². The van der Waals surface area contributed by atoms with E-state index in [1.807, 2.05) is 36.4 Å². The molecule has 2 amide bonds. The Kier molecular flexibility index (Phi) is 8.53. The van der Waals surface area contributed by atoms with Crippen LogP contribution >= 0.6 is 0 Å². The zero-order chi connectivity index (χ0) is 27.3. The second-order valence-corrected chi connectivity index (χ2v) is 11.2. The summed E-state index contributed by atoms with van der Waals surface area (Å²) in [5.74, 6) is 0.375. The van der Waals surface area contributed by atoms with Crippen LogP contribution in [0, 0.1) is 0 Å². The van der Waals surface area contributed by atoms with Crippen LogP contribution in [-0.2, 0) is 26.0 Å². The van der Waals surface area contributed by atoms with Crippen molar-refractivity contribution in [2.24, 2.45) is 0 Å². The van der Waals surface area contributed by atoms with Crippen molar-refractivity contribution in [2.75, 3.05) is 27.3 Å². The van der Waals surface area contributed by atoms with Gasteiger partial charge in [0, 0.05) is 43.4 Å². The SMILES string of the molecule is COc1cccc(CC(NC(C)=O)C(=O)NC2CCN(S(=O)(=O)c3cccc4ccccc34)CC2)c1OC. The molecule has 202 valence electrons. The predicted octanol–water partition coefficient (Wildman–Crippen LogP) is 2.87. The minimum absolute atomic E-state index is 0.208. The molecule has 0 bridgehead atoms. The molecule has 0 aromatic heterocycles. The molecule has 0 radical (unpaired) electrons. The van der Waals surface area contributed by atoms with Crippen molar-refractivity contribution in [3.8, 4) is 11.5 Å². The van der Waals surface area contributed by atoms with E-state index in [1.165, 1.54) is 25.4 Å². The lowest BCUT2D eigenvalue weighted by atomic mass is 10.0. The first-order valence-electron chi connectivity index (χ1n) is 12.5. The van der Waals surface area contributed by atoms with E-state index in [0.29, 0.717) is 29.7 Å². The molecule has 0 saturated carbocycles. The number of sulfonamides is 1. The van der Waals surface area contributed by atoms with Crippen LogP contribution in [0.3, 0.4) is 0 Å². The van der Waals surface area contributed by atoms with Gasteiger partial charge < -0.3 is 20.1 Å². The first kappa shape index (κ1) is 27.4. The van der Waals surface area contributed by atoms with E-state index in [-0.39, 0.29) is 42.3 Å². The number of rotatable bonds is 9. The summed E-state index contributed by atoms with van der Waals surface area (Å²) >= 11 is 0. The molecule has 1 aliphatic rings. The normalized spacial score (nSPS) is 15.6. The van der Waals surface area contributed by atoms with Crippen LogP contribution in [0.5, 0.6) is 11.5 Å². The lowest BCUT2D eigenvalue weighted by Crippen LogP contribution is -2.53. The second kappa shape index (κ2) is 11.8. The van der Waals surface area contributed by atoms with E-state index < -0.39 is 16.1 Å². The number of piperidine rings is 1. The summed E-state index contributed by atoms with van der Waals surface area (Å²) < 4.78 is 39.2. The summed E-state index contributed by atoms with van der Waals surface area (Å²) in [6.07, 6.45) is 1.14. The highest BCUT2D eigenvalue weighted by molar-refractivity contribution is 7.89. The van der Waals surface area contributed by atoms with Crippen LogP contribution in [0.2, 0.25) is 0 Å². The number of carbonyl (C=O) groups is 2. The summed E-state index contributed by atoms with van der Waals surface area (Å²) in [4.78, 5) is 25.4. The number of hydrogen-bond donors (Lipinski definition) is 2. The third-order valence-electron chi connectivity index (χ3n) is 6.77. The molecule has 1 aliphatic heterocycles. The van der Waals surface area contributed by atoms with Gasteiger partial charge in [0.05, 0.1) is 19.1 Å². The highest BCUT2D eigenvalue weighted by atomic mass is 32.2. The van der Waals surface area contributed by atoms with Crippen molar-refractivity contribution in [3.63, 3.8) is 0 Å². The zero-order valence-corrected chi connectivity index (χ0v) is 22.6. The minimum Gasteiger partial charge on any atom is -0.493 e. The lowest BCUT2D eigenvalue weighted by Gasteiger charge is -2.32. The molecule has 9 nitrogen and oxygen atoms in total. The Balaban J connectivity index is 1.43. The summed E-state index contributed by atoms with van der Waals surface area (Å²) in [7, 11) is -0.633. The third-order valence-corrected chi connectivity index (χ3v) is 8.73. The van der Waals surface area contributed by atoms with Gasteiger partial charge in [-0.05, 0) is 30.4 Å². The Morgan fingerprint density at radius 2 is 1.66 bits per heavy atom. The molecule has 3 aromatic carbocycles. The Morgan fingerprint density at radius 3 is 2.34 bits per heavy atom. The Hall–Kier alpha value is -3.63. The van der Waals surface area contributed by atoms with E-state index in [9.17, 15) is 18.0 Å². The number of fused-ring (bicyclic) bond motifs is 1. The maximum absolute atomic E-state index is 13.4. The molecule has 3 aromatic rings. The van der Waals surface area contributed by atoms with Crippen LogP contribution in [0.15, 0.2) is 65.6 Å². The number of methoxy groups -OCH3 is 2. The van der Waals surface area contributed by atoms with E-state index in [4.69, 9.17) is 9.47 Å². The fourth-order valence-corrected chi connectivity index (χ4v) is 6.58. The standard InChI is InChI=1S/C28H33N3O6S/c1-19(32)29-24(18-21-10-6-12-25(36-2)27(21)37-3)28(33)30-22-14-16-31(17-15-22)38(34,35)26-13-7-9-20-8-4-5-11-23(20)26/h4-13,22,24H,14-18H2,1-3H3,(H,29,32)(H,30,33). The molecule has 2 N–H and O–H groups in total. The van der Waals surface area contributed by atoms with Gasteiger partial charge in [-0.3, -0.25) is 9.59 Å². The van der Waals surface area contributed by atoms with E-state index in [1.54, 1.807) is 24.3 Å². The van der Waals surface area contributed by atoms with Gasteiger partial charge in [-0.1, -0.05) is 48.5 Å². The largest absolute Gasteiger partial charge is 0.493 e. The zero-order valence-electron chi connectivity index (χ0n) is 21.8. The van der Waals surface area contributed by atoms with Crippen LogP contribution in [0.4, 0.5) is 0 Å². The average Bonchev–Trinajstić information content (AvgIpc) is 2.92. The van der Waals surface area contributed by atoms with Gasteiger partial charge in [0.15, 0.2) is 11.5 Å². The fraction of sp³-hybridized carbons (Fsp3) is 0.357. The Bertz CT molecular complexity index is 1410. The van der Waals surface area contributed by atoms with E-state index in [0.717, 1.165) is 10.9 Å². The Morgan fingerprint density at radius 1 is 0.974 bits per heavy atom. The number of amides is 2. The summed E-state index contributed by atoms with van der Waals surface area (Å²) in [5.41, 5.74) is 0.719. The van der Waals surface area contributed by atoms with Crippen molar-refractivity contribution >= 4 is 32.6 Å². The number of hydrogen-bond acceptors (Lipinski definition) is 6. The molecule has 1 atom stereocenters. The predicted molar refractivity (Wildman–Crippen MR) is 145 cm³/mol. The van der Waals surface area contributed by atoms with Gasteiger partial charge in [0.2, 0.25) is 21.8 Å². The van der Waals surface area contributed by atoms with Crippen LogP contribution in [0.1, 0.15) is 25.3 Å². The molecular formula is C28H33N3O6S. The Labute approximate surface area is 223 Å². The smallest absolute Gasteiger partial charge is 0.243 e. The maximum atomic E-state index is 13.4. The molecule has 4 rings (SSSR count). The number of benzene rings is 3. The second-order valence-electron chi connectivity index (χ2n) is 9.27. The van der Waals surface area contributed by atoms with Crippen LogP contribution < -0.4 is 20.1 Å². The summed E-state index contributed by atoms with van der Waals surface area (Å²) in [6, 6.07) is 17.0. The average molecular weight is 540 g/mol. The van der Waals surface area contributed by atoms with Gasteiger partial charge >= 0.3 is 0 Å². The number of nitrogens with zero attached hydrogens (tertiary/aromatic N) is 1. The number of carbonyl (C=O) groups excluding carboxylic acids is 2. The van der Waals surface area contributed by atoms with Gasteiger partial charge in [0.1, 0.15) is 6.04 Å². The molecule has 1 unspecified atom stereocenters.